The summed E-state index contributed by atoms with van der Waals surface area (Å²) in [5.41, 5.74) is 6.55. The SMILES string of the molecule is c1ccc(-c2nc(-c3ccc4ccc5c(-c6ccccc6)nc(-c6ccc7ccccc7c6)nc5c4c3)nc(-c3cccc4ccccc34)n2)cc1. The first-order valence-electron chi connectivity index (χ1n) is 17.3. The van der Waals surface area contributed by atoms with Crippen molar-refractivity contribution in [3.8, 4) is 56.8 Å². The second-order valence-electron chi connectivity index (χ2n) is 12.9. The zero-order valence-corrected chi connectivity index (χ0v) is 28.0. The molecule has 0 amide bonds. The summed E-state index contributed by atoms with van der Waals surface area (Å²) in [6.45, 7) is 0. The molecule has 5 heteroatoms. The molecule has 242 valence electrons. The van der Waals surface area contributed by atoms with Gasteiger partial charge in [0.05, 0.1) is 11.2 Å². The molecular formula is C47H29N5. The summed E-state index contributed by atoms with van der Waals surface area (Å²) in [6.07, 6.45) is 0. The van der Waals surface area contributed by atoms with Crippen LogP contribution in [0.25, 0.3) is 100 Å². The van der Waals surface area contributed by atoms with E-state index in [0.717, 1.165) is 71.3 Å². The van der Waals surface area contributed by atoms with E-state index in [4.69, 9.17) is 24.9 Å². The van der Waals surface area contributed by atoms with Gasteiger partial charge in [-0.2, -0.15) is 0 Å². The lowest BCUT2D eigenvalue weighted by Crippen LogP contribution is -2.01. The van der Waals surface area contributed by atoms with Gasteiger partial charge >= 0.3 is 0 Å². The minimum absolute atomic E-state index is 0.600. The maximum atomic E-state index is 5.30. The number of fused-ring (bicyclic) bond motifs is 5. The van der Waals surface area contributed by atoms with Gasteiger partial charge in [0.15, 0.2) is 23.3 Å². The van der Waals surface area contributed by atoms with Gasteiger partial charge in [0.2, 0.25) is 0 Å². The van der Waals surface area contributed by atoms with Crippen molar-refractivity contribution in [3.05, 3.63) is 176 Å². The maximum Gasteiger partial charge on any atom is 0.164 e. The number of rotatable bonds is 5. The fourth-order valence-corrected chi connectivity index (χ4v) is 7.09. The largest absolute Gasteiger partial charge is 0.227 e. The molecule has 2 aromatic heterocycles. The highest BCUT2D eigenvalue weighted by Crippen LogP contribution is 2.36. The summed E-state index contributed by atoms with van der Waals surface area (Å²) in [7, 11) is 0. The molecule has 0 saturated carbocycles. The Hall–Kier alpha value is -7.11. The van der Waals surface area contributed by atoms with Crippen LogP contribution in [-0.4, -0.2) is 24.9 Å². The molecule has 0 aliphatic heterocycles. The molecule has 2 heterocycles. The molecule has 0 atom stereocenters. The van der Waals surface area contributed by atoms with E-state index >= 15 is 0 Å². The Balaban J connectivity index is 1.22. The average Bonchev–Trinajstić information content (AvgIpc) is 3.23. The highest BCUT2D eigenvalue weighted by molar-refractivity contribution is 6.11. The molecule has 52 heavy (non-hydrogen) atoms. The van der Waals surface area contributed by atoms with Gasteiger partial charge in [-0.3, -0.25) is 0 Å². The molecule has 0 aliphatic rings. The Morgan fingerprint density at radius 3 is 1.63 bits per heavy atom. The fourth-order valence-electron chi connectivity index (χ4n) is 7.09. The topological polar surface area (TPSA) is 64.5 Å². The molecular weight excluding hydrogens is 635 g/mol. The van der Waals surface area contributed by atoms with Crippen molar-refractivity contribution in [2.24, 2.45) is 0 Å². The number of hydrogen-bond donors (Lipinski definition) is 0. The van der Waals surface area contributed by atoms with E-state index in [9.17, 15) is 0 Å². The smallest absolute Gasteiger partial charge is 0.164 e. The summed E-state index contributed by atoms with van der Waals surface area (Å²) in [5, 5.41) is 7.62. The van der Waals surface area contributed by atoms with E-state index in [0.29, 0.717) is 23.3 Å². The van der Waals surface area contributed by atoms with Crippen LogP contribution in [0.4, 0.5) is 0 Å². The van der Waals surface area contributed by atoms with Crippen molar-refractivity contribution in [1.29, 1.82) is 0 Å². The lowest BCUT2D eigenvalue weighted by molar-refractivity contribution is 1.08. The Morgan fingerprint density at radius 2 is 0.827 bits per heavy atom. The van der Waals surface area contributed by atoms with Crippen molar-refractivity contribution in [1.82, 2.24) is 24.9 Å². The van der Waals surface area contributed by atoms with E-state index in [1.807, 2.05) is 36.4 Å². The van der Waals surface area contributed by atoms with E-state index in [2.05, 4.69) is 140 Å². The van der Waals surface area contributed by atoms with Crippen LogP contribution in [-0.2, 0) is 0 Å². The van der Waals surface area contributed by atoms with Crippen molar-refractivity contribution in [2.75, 3.05) is 0 Å². The van der Waals surface area contributed by atoms with Gasteiger partial charge < -0.3 is 0 Å². The highest BCUT2D eigenvalue weighted by atomic mass is 15.0. The maximum absolute atomic E-state index is 5.30. The summed E-state index contributed by atoms with van der Waals surface area (Å²) in [6, 6.07) is 60.5. The van der Waals surface area contributed by atoms with Gasteiger partial charge in [0, 0.05) is 38.6 Å². The van der Waals surface area contributed by atoms with Crippen molar-refractivity contribution >= 4 is 43.2 Å². The summed E-state index contributed by atoms with van der Waals surface area (Å²) < 4.78 is 0. The van der Waals surface area contributed by atoms with Crippen LogP contribution in [0.15, 0.2) is 176 Å². The molecule has 0 spiro atoms. The van der Waals surface area contributed by atoms with Gasteiger partial charge in [-0.25, -0.2) is 24.9 Å². The Labute approximate surface area is 300 Å². The number of aromatic nitrogens is 5. The number of nitrogens with zero attached hydrogens (tertiary/aromatic N) is 5. The molecule has 8 aromatic carbocycles. The molecule has 0 N–H and O–H groups in total. The third-order valence-electron chi connectivity index (χ3n) is 9.69. The second kappa shape index (κ2) is 12.3. The molecule has 0 bridgehead atoms. The van der Waals surface area contributed by atoms with Crippen LogP contribution < -0.4 is 0 Å². The van der Waals surface area contributed by atoms with Crippen molar-refractivity contribution in [2.45, 2.75) is 0 Å². The third kappa shape index (κ3) is 5.24. The molecule has 0 saturated heterocycles. The number of hydrogen-bond acceptors (Lipinski definition) is 5. The van der Waals surface area contributed by atoms with Gasteiger partial charge in [-0.15, -0.1) is 0 Å². The molecule has 5 nitrogen and oxygen atoms in total. The van der Waals surface area contributed by atoms with Crippen LogP contribution >= 0.6 is 0 Å². The number of benzene rings is 8. The molecule has 10 rings (SSSR count). The normalized spacial score (nSPS) is 11.5. The minimum atomic E-state index is 0.600. The highest BCUT2D eigenvalue weighted by Gasteiger charge is 2.17. The first kappa shape index (κ1) is 29.8. The predicted octanol–water partition coefficient (Wildman–Crippen LogP) is 11.6. The van der Waals surface area contributed by atoms with Gasteiger partial charge in [0.1, 0.15) is 0 Å². The lowest BCUT2D eigenvalue weighted by Gasteiger charge is -2.13. The molecule has 0 fully saturated rings. The second-order valence-corrected chi connectivity index (χ2v) is 12.9. The first-order valence-corrected chi connectivity index (χ1v) is 17.3. The zero-order valence-electron chi connectivity index (χ0n) is 28.0. The molecule has 10 aromatic rings. The van der Waals surface area contributed by atoms with E-state index in [1.54, 1.807) is 0 Å². The quantitative estimate of drug-likeness (QED) is 0.171. The Morgan fingerprint density at radius 1 is 0.269 bits per heavy atom. The molecule has 0 unspecified atom stereocenters. The lowest BCUT2D eigenvalue weighted by atomic mass is 9.99. The zero-order chi connectivity index (χ0) is 34.4. The molecule has 0 radical (unpaired) electrons. The van der Waals surface area contributed by atoms with Crippen LogP contribution in [0.1, 0.15) is 0 Å². The Kier molecular flexibility index (Phi) is 7.07. The van der Waals surface area contributed by atoms with Crippen molar-refractivity contribution < 1.29 is 0 Å². The van der Waals surface area contributed by atoms with Crippen LogP contribution in [0, 0.1) is 0 Å². The molecule has 0 aliphatic carbocycles. The standard InChI is InChI=1S/C47H29N5/c1-3-14-33(15-4-1)42-40-27-26-32-23-25-37(29-41(32)43(40)49-45(48-42)36-24-22-30-12-7-8-18-35(30)28-36)46-50-44(34-16-5-2-6-17-34)51-47(52-46)39-21-11-19-31-13-9-10-20-38(31)39/h1-29H. The third-order valence-corrected chi connectivity index (χ3v) is 9.69. The monoisotopic (exact) mass is 663 g/mol. The Bertz CT molecular complexity index is 2950. The summed E-state index contributed by atoms with van der Waals surface area (Å²) in [4.78, 5) is 25.8. The average molecular weight is 664 g/mol. The predicted molar refractivity (Wildman–Crippen MR) is 213 cm³/mol. The fraction of sp³-hybridized carbons (Fsp3) is 0. The first-order chi connectivity index (χ1) is 25.7. The van der Waals surface area contributed by atoms with Crippen molar-refractivity contribution in [3.63, 3.8) is 0 Å². The van der Waals surface area contributed by atoms with E-state index < -0.39 is 0 Å². The van der Waals surface area contributed by atoms with E-state index in [1.165, 1.54) is 5.39 Å². The summed E-state index contributed by atoms with van der Waals surface area (Å²) in [5.74, 6) is 2.53. The van der Waals surface area contributed by atoms with Gasteiger partial charge in [-0.1, -0.05) is 158 Å². The van der Waals surface area contributed by atoms with Gasteiger partial charge in [0.25, 0.3) is 0 Å². The summed E-state index contributed by atoms with van der Waals surface area (Å²) >= 11 is 0. The minimum Gasteiger partial charge on any atom is -0.227 e. The van der Waals surface area contributed by atoms with Crippen LogP contribution in [0.5, 0.6) is 0 Å². The van der Waals surface area contributed by atoms with E-state index in [-0.39, 0.29) is 0 Å². The van der Waals surface area contributed by atoms with Crippen LogP contribution in [0.3, 0.4) is 0 Å². The van der Waals surface area contributed by atoms with Gasteiger partial charge in [-0.05, 0) is 45.1 Å². The van der Waals surface area contributed by atoms with Crippen LogP contribution in [0.2, 0.25) is 0 Å².